The summed E-state index contributed by atoms with van der Waals surface area (Å²) in [6, 6.07) is 12.2. The number of nitrogens with zero attached hydrogens (tertiary/aromatic N) is 1. The predicted molar refractivity (Wildman–Crippen MR) is 142 cm³/mol. The van der Waals surface area contributed by atoms with Crippen molar-refractivity contribution in [1.29, 1.82) is 0 Å². The Kier molecular flexibility index (Phi) is 6.40. The summed E-state index contributed by atoms with van der Waals surface area (Å²) in [6.07, 6.45) is 6.38. The van der Waals surface area contributed by atoms with Crippen LogP contribution >= 0.6 is 12.1 Å². The van der Waals surface area contributed by atoms with Gasteiger partial charge in [-0.2, -0.15) is 0 Å². The van der Waals surface area contributed by atoms with E-state index in [2.05, 4.69) is 41.3 Å². The van der Waals surface area contributed by atoms with E-state index >= 15 is 0 Å². The van der Waals surface area contributed by atoms with Gasteiger partial charge in [-0.15, -0.1) is 0 Å². The van der Waals surface area contributed by atoms with Crippen molar-refractivity contribution in [3.8, 4) is 17.0 Å². The molecule has 2 unspecified atom stereocenters. The first-order valence-corrected chi connectivity index (χ1v) is 13.4. The van der Waals surface area contributed by atoms with E-state index in [1.165, 1.54) is 27.8 Å². The topological polar surface area (TPSA) is 86.4 Å². The molecule has 184 valence electrons. The third-order valence-electron chi connectivity index (χ3n) is 7.89. The molecule has 1 aliphatic heterocycles. The summed E-state index contributed by atoms with van der Waals surface area (Å²) >= 11 is 0.805. The first-order valence-electron chi connectivity index (χ1n) is 12.5. The summed E-state index contributed by atoms with van der Waals surface area (Å²) < 4.78 is 10.5. The second-order valence-electron chi connectivity index (χ2n) is 9.96. The lowest BCUT2D eigenvalue weighted by atomic mass is 9.85. The molecule has 3 aromatic rings. The van der Waals surface area contributed by atoms with E-state index in [1.54, 1.807) is 7.11 Å². The van der Waals surface area contributed by atoms with Gasteiger partial charge in [0.2, 0.25) is 0 Å². The van der Waals surface area contributed by atoms with Crippen LogP contribution in [0.4, 0.5) is 0 Å². The predicted octanol–water partition coefficient (Wildman–Crippen LogP) is 5.94. The Hall–Kier alpha value is -2.77. The molecule has 2 heterocycles. The van der Waals surface area contributed by atoms with Crippen LogP contribution in [0.5, 0.6) is 5.75 Å². The number of amides is 1. The van der Waals surface area contributed by atoms with Crippen LogP contribution in [0.1, 0.15) is 79.3 Å². The molecule has 2 atom stereocenters. The van der Waals surface area contributed by atoms with E-state index in [-0.39, 0.29) is 11.8 Å². The monoisotopic (exact) mass is 491 g/mol. The van der Waals surface area contributed by atoms with Crippen molar-refractivity contribution in [2.24, 2.45) is 10.6 Å². The number of fused-ring (bicyclic) bond motifs is 7. The normalized spacial score (nSPS) is 20.1. The maximum absolute atomic E-state index is 12.6. The second-order valence-corrected chi connectivity index (χ2v) is 10.4. The fourth-order valence-corrected chi connectivity index (χ4v) is 6.40. The summed E-state index contributed by atoms with van der Waals surface area (Å²) in [5.41, 5.74) is 6.08. The lowest BCUT2D eigenvalue weighted by Gasteiger charge is -2.20. The molecular weight excluding hydrogens is 458 g/mol. The molecule has 0 spiro atoms. The molecule has 0 bridgehead atoms. The largest absolute Gasteiger partial charge is 0.497 e. The zero-order valence-corrected chi connectivity index (χ0v) is 21.4. The zero-order chi connectivity index (χ0) is 24.7. The first kappa shape index (κ1) is 23.9. The van der Waals surface area contributed by atoms with Crippen molar-refractivity contribution in [1.82, 2.24) is 9.29 Å². The standard InChI is InChI=1S/C28H33N3O3S/c1-4-6-17(7-5-2)25-21-10-8-18(27(33)30-35-29)12-24(21)31-15-28(16-32)14-23(28)22-13-19(34-3)9-11-20(22)26(25)31/h8-13,16-17,23H,4-7,14-15,29H2,1-3H3,(H,30,33). The fourth-order valence-electron chi connectivity index (χ4n) is 6.18. The molecule has 6 nitrogen and oxygen atoms in total. The van der Waals surface area contributed by atoms with Crippen LogP contribution in [-0.4, -0.2) is 23.9 Å². The van der Waals surface area contributed by atoms with Crippen molar-refractivity contribution in [3.63, 3.8) is 0 Å². The Labute approximate surface area is 210 Å². The summed E-state index contributed by atoms with van der Waals surface area (Å²) in [7, 11) is 1.69. The number of methoxy groups -OCH3 is 1. The van der Waals surface area contributed by atoms with Gasteiger partial charge >= 0.3 is 0 Å². The van der Waals surface area contributed by atoms with E-state index in [0.717, 1.165) is 61.8 Å². The van der Waals surface area contributed by atoms with Crippen LogP contribution in [0, 0.1) is 5.41 Å². The van der Waals surface area contributed by atoms with Crippen molar-refractivity contribution in [2.75, 3.05) is 7.11 Å². The highest BCUT2D eigenvalue weighted by molar-refractivity contribution is 7.95. The first-order chi connectivity index (χ1) is 17.0. The number of carbonyl (C=O) groups excluding carboxylic acids is 2. The third kappa shape index (κ3) is 3.85. The Morgan fingerprint density at radius 3 is 2.69 bits per heavy atom. The molecule has 1 aromatic heterocycles. The van der Waals surface area contributed by atoms with E-state index in [9.17, 15) is 9.59 Å². The van der Waals surface area contributed by atoms with E-state index in [4.69, 9.17) is 9.88 Å². The lowest BCUT2D eigenvalue weighted by molar-refractivity contribution is -0.112. The van der Waals surface area contributed by atoms with E-state index in [1.807, 2.05) is 18.2 Å². The molecule has 1 fully saturated rings. The smallest absolute Gasteiger partial charge is 0.262 e. The maximum atomic E-state index is 12.6. The summed E-state index contributed by atoms with van der Waals surface area (Å²) in [5, 5.41) is 6.66. The molecule has 7 heteroatoms. The molecule has 5 rings (SSSR count). The van der Waals surface area contributed by atoms with Gasteiger partial charge in [-0.25, -0.2) is 0 Å². The minimum absolute atomic E-state index is 0.184. The third-order valence-corrected chi connectivity index (χ3v) is 8.20. The number of aromatic nitrogens is 1. The number of hydrogen-bond donors (Lipinski definition) is 2. The highest BCUT2D eigenvalue weighted by Crippen LogP contribution is 2.64. The molecule has 1 aliphatic carbocycles. The summed E-state index contributed by atoms with van der Waals surface area (Å²) in [4.78, 5) is 25.1. The van der Waals surface area contributed by atoms with Gasteiger partial charge in [0.25, 0.3) is 5.91 Å². The molecular formula is C28H33N3O3S. The van der Waals surface area contributed by atoms with Gasteiger partial charge in [0.15, 0.2) is 0 Å². The maximum Gasteiger partial charge on any atom is 0.262 e. The minimum Gasteiger partial charge on any atom is -0.497 e. The Bertz CT molecular complexity index is 1290. The summed E-state index contributed by atoms with van der Waals surface area (Å²) in [6.45, 7) is 5.09. The number of nitrogens with one attached hydrogen (secondary N) is 1. The van der Waals surface area contributed by atoms with E-state index < -0.39 is 5.41 Å². The van der Waals surface area contributed by atoms with Crippen LogP contribution in [-0.2, 0) is 11.3 Å². The van der Waals surface area contributed by atoms with Crippen molar-refractivity contribution < 1.29 is 14.3 Å². The van der Waals surface area contributed by atoms with Gasteiger partial charge < -0.3 is 14.1 Å². The van der Waals surface area contributed by atoms with Gasteiger partial charge in [0.05, 0.1) is 18.2 Å². The molecule has 2 aromatic carbocycles. The molecule has 1 saturated carbocycles. The number of nitrogens with two attached hydrogens (primary N) is 1. The molecule has 35 heavy (non-hydrogen) atoms. The second kappa shape index (κ2) is 9.36. The Morgan fingerprint density at radius 2 is 2.03 bits per heavy atom. The molecule has 2 aliphatic rings. The van der Waals surface area contributed by atoms with E-state index in [0.29, 0.717) is 18.0 Å². The Morgan fingerprint density at radius 1 is 1.26 bits per heavy atom. The van der Waals surface area contributed by atoms with Crippen molar-refractivity contribution in [2.45, 2.75) is 64.3 Å². The van der Waals surface area contributed by atoms with Crippen molar-refractivity contribution >= 4 is 35.2 Å². The van der Waals surface area contributed by atoms with Crippen LogP contribution in [0.25, 0.3) is 22.2 Å². The van der Waals surface area contributed by atoms with Gasteiger partial charge in [0, 0.05) is 40.7 Å². The number of carbonyl (C=O) groups is 2. The Balaban J connectivity index is 1.84. The number of ether oxygens (including phenoxy) is 1. The van der Waals surface area contributed by atoms with Gasteiger partial charge in [-0.1, -0.05) is 32.8 Å². The highest BCUT2D eigenvalue weighted by Gasteiger charge is 2.58. The molecule has 0 radical (unpaired) electrons. The SMILES string of the molecule is CCCC(CCC)c1c2n(c3cc(C(=O)NSN)ccc13)CC1(C=O)CC1c1cc(OC)ccc1-2. The van der Waals surface area contributed by atoms with Crippen LogP contribution < -0.4 is 14.6 Å². The molecule has 0 saturated heterocycles. The highest BCUT2D eigenvalue weighted by atomic mass is 32.2. The minimum atomic E-state index is -0.425. The zero-order valence-electron chi connectivity index (χ0n) is 20.6. The number of rotatable bonds is 9. The average Bonchev–Trinajstić information content (AvgIpc) is 3.53. The lowest BCUT2D eigenvalue weighted by Crippen LogP contribution is -2.18. The van der Waals surface area contributed by atoms with Crippen LogP contribution in [0.15, 0.2) is 36.4 Å². The quantitative estimate of drug-likeness (QED) is 0.286. The van der Waals surface area contributed by atoms with Gasteiger partial charge in [-0.3, -0.25) is 14.7 Å². The summed E-state index contributed by atoms with van der Waals surface area (Å²) in [5.74, 6) is 1.19. The molecule has 1 amide bonds. The van der Waals surface area contributed by atoms with Crippen LogP contribution in [0.3, 0.4) is 0 Å². The number of benzene rings is 2. The van der Waals surface area contributed by atoms with Gasteiger partial charge in [-0.05, 0) is 72.6 Å². The van der Waals surface area contributed by atoms with Gasteiger partial charge in [0.1, 0.15) is 12.0 Å². The average molecular weight is 492 g/mol. The number of hydrogen-bond acceptors (Lipinski definition) is 5. The van der Waals surface area contributed by atoms with Crippen molar-refractivity contribution in [3.05, 3.63) is 53.1 Å². The molecule has 3 N–H and O–H groups in total. The fraction of sp³-hybridized carbons (Fsp3) is 0.429. The number of aldehydes is 1. The van der Waals surface area contributed by atoms with Crippen LogP contribution in [0.2, 0.25) is 0 Å².